The molecule has 88 valence electrons. The fourth-order valence-corrected chi connectivity index (χ4v) is 3.12. The van der Waals surface area contributed by atoms with Gasteiger partial charge in [-0.15, -0.1) is 0 Å². The number of carboxylic acids is 1. The summed E-state index contributed by atoms with van der Waals surface area (Å²) in [6, 6.07) is 0. The fourth-order valence-electron chi connectivity index (χ4n) is 3.12. The lowest BCUT2D eigenvalue weighted by Gasteiger charge is -2.34. The molecule has 0 aromatic heterocycles. The van der Waals surface area contributed by atoms with E-state index in [-0.39, 0.29) is 5.92 Å². The van der Waals surface area contributed by atoms with Crippen LogP contribution in [-0.2, 0) is 4.79 Å². The molecule has 0 aliphatic heterocycles. The van der Waals surface area contributed by atoms with Crippen LogP contribution < -0.4 is 0 Å². The molecule has 0 amide bonds. The van der Waals surface area contributed by atoms with Gasteiger partial charge in [-0.05, 0) is 24.7 Å². The van der Waals surface area contributed by atoms with Gasteiger partial charge in [0.1, 0.15) is 0 Å². The van der Waals surface area contributed by atoms with Gasteiger partial charge in [0, 0.05) is 0 Å². The van der Waals surface area contributed by atoms with Gasteiger partial charge in [0.15, 0.2) is 0 Å². The summed E-state index contributed by atoms with van der Waals surface area (Å²) in [6.45, 7) is 4.40. The Morgan fingerprint density at radius 3 is 2.53 bits per heavy atom. The van der Waals surface area contributed by atoms with E-state index in [2.05, 4.69) is 13.8 Å². The number of hydrogen-bond donors (Lipinski definition) is 1. The molecule has 0 radical (unpaired) electrons. The maximum Gasteiger partial charge on any atom is 0.306 e. The largest absolute Gasteiger partial charge is 0.481 e. The number of aliphatic carboxylic acids is 1. The summed E-state index contributed by atoms with van der Waals surface area (Å²) in [6.07, 6.45) is 7.90. The maximum atomic E-state index is 11.2. The molecule has 15 heavy (non-hydrogen) atoms. The first-order chi connectivity index (χ1) is 7.20. The second kappa shape index (κ2) is 6.14. The van der Waals surface area contributed by atoms with Crippen molar-refractivity contribution in [3.05, 3.63) is 0 Å². The maximum absolute atomic E-state index is 11.2. The average molecular weight is 212 g/mol. The van der Waals surface area contributed by atoms with E-state index in [1.54, 1.807) is 0 Å². The first-order valence-corrected chi connectivity index (χ1v) is 6.43. The monoisotopic (exact) mass is 212 g/mol. The predicted octanol–water partition coefficient (Wildman–Crippen LogP) is 3.70. The highest BCUT2D eigenvalue weighted by Crippen LogP contribution is 2.38. The molecule has 0 spiro atoms. The molecule has 0 heterocycles. The van der Waals surface area contributed by atoms with Gasteiger partial charge in [0.25, 0.3) is 0 Å². The summed E-state index contributed by atoms with van der Waals surface area (Å²) in [5, 5.41) is 9.22. The van der Waals surface area contributed by atoms with Crippen molar-refractivity contribution < 1.29 is 9.90 Å². The summed E-state index contributed by atoms with van der Waals surface area (Å²) in [4.78, 5) is 11.2. The molecule has 2 nitrogen and oxygen atoms in total. The lowest BCUT2D eigenvalue weighted by Crippen LogP contribution is -2.32. The molecule has 0 bridgehead atoms. The van der Waals surface area contributed by atoms with E-state index in [9.17, 15) is 9.90 Å². The molecule has 1 N–H and O–H groups in total. The van der Waals surface area contributed by atoms with Crippen molar-refractivity contribution in [1.82, 2.24) is 0 Å². The van der Waals surface area contributed by atoms with Crippen molar-refractivity contribution in [2.24, 2.45) is 17.8 Å². The van der Waals surface area contributed by atoms with Gasteiger partial charge in [-0.1, -0.05) is 46.0 Å². The van der Waals surface area contributed by atoms with E-state index in [4.69, 9.17) is 0 Å². The van der Waals surface area contributed by atoms with E-state index < -0.39 is 5.97 Å². The van der Waals surface area contributed by atoms with Gasteiger partial charge in [-0.25, -0.2) is 0 Å². The SMILES string of the molecule is CCCC(CC)C1CCCCC1C(=O)O. The highest BCUT2D eigenvalue weighted by Gasteiger charge is 2.34. The van der Waals surface area contributed by atoms with Gasteiger partial charge in [-0.2, -0.15) is 0 Å². The van der Waals surface area contributed by atoms with Crippen molar-refractivity contribution >= 4 is 5.97 Å². The molecule has 1 aliphatic carbocycles. The van der Waals surface area contributed by atoms with Gasteiger partial charge in [0.05, 0.1) is 5.92 Å². The van der Waals surface area contributed by atoms with Crippen LogP contribution in [0.4, 0.5) is 0 Å². The van der Waals surface area contributed by atoms with Crippen LogP contribution in [0.25, 0.3) is 0 Å². The molecule has 3 unspecified atom stereocenters. The Balaban J connectivity index is 2.64. The van der Waals surface area contributed by atoms with Gasteiger partial charge in [0.2, 0.25) is 0 Å². The molecule has 2 heteroatoms. The van der Waals surface area contributed by atoms with Crippen molar-refractivity contribution in [3.8, 4) is 0 Å². The van der Waals surface area contributed by atoms with Crippen LogP contribution in [-0.4, -0.2) is 11.1 Å². The van der Waals surface area contributed by atoms with E-state index in [0.29, 0.717) is 11.8 Å². The quantitative estimate of drug-likeness (QED) is 0.754. The number of carbonyl (C=O) groups is 1. The molecular formula is C13H24O2. The lowest BCUT2D eigenvalue weighted by atomic mass is 9.70. The first kappa shape index (κ1) is 12.5. The fraction of sp³-hybridized carbons (Fsp3) is 0.923. The predicted molar refractivity (Wildman–Crippen MR) is 61.8 cm³/mol. The normalized spacial score (nSPS) is 28.7. The zero-order valence-corrected chi connectivity index (χ0v) is 10.0. The molecule has 1 fully saturated rings. The van der Waals surface area contributed by atoms with E-state index in [0.717, 1.165) is 25.7 Å². The van der Waals surface area contributed by atoms with Gasteiger partial charge >= 0.3 is 5.97 Å². The minimum absolute atomic E-state index is 0.0600. The van der Waals surface area contributed by atoms with Crippen LogP contribution in [0.3, 0.4) is 0 Å². The smallest absolute Gasteiger partial charge is 0.306 e. The highest BCUT2D eigenvalue weighted by molar-refractivity contribution is 5.70. The van der Waals surface area contributed by atoms with E-state index in [1.165, 1.54) is 19.3 Å². The Morgan fingerprint density at radius 1 is 1.33 bits per heavy atom. The Hall–Kier alpha value is -0.530. The summed E-state index contributed by atoms with van der Waals surface area (Å²) in [5.41, 5.74) is 0. The summed E-state index contributed by atoms with van der Waals surface area (Å²) in [7, 11) is 0. The Kier molecular flexibility index (Phi) is 5.13. The Bertz CT molecular complexity index is 201. The molecule has 3 atom stereocenters. The van der Waals surface area contributed by atoms with Crippen LogP contribution in [0, 0.1) is 17.8 Å². The minimum atomic E-state index is -0.561. The third-order valence-corrected chi connectivity index (χ3v) is 3.93. The molecule has 0 saturated heterocycles. The minimum Gasteiger partial charge on any atom is -0.481 e. The molecular weight excluding hydrogens is 188 g/mol. The summed E-state index contributed by atoms with van der Waals surface area (Å²) < 4.78 is 0. The van der Waals surface area contributed by atoms with Crippen LogP contribution in [0.5, 0.6) is 0 Å². The van der Waals surface area contributed by atoms with Crippen molar-refractivity contribution in [2.45, 2.75) is 58.8 Å². The average Bonchev–Trinajstić information content (AvgIpc) is 2.26. The molecule has 1 aliphatic rings. The first-order valence-electron chi connectivity index (χ1n) is 6.43. The second-order valence-corrected chi connectivity index (χ2v) is 4.85. The van der Waals surface area contributed by atoms with Crippen LogP contribution in [0.2, 0.25) is 0 Å². The second-order valence-electron chi connectivity index (χ2n) is 4.85. The molecule has 1 saturated carbocycles. The van der Waals surface area contributed by atoms with E-state index >= 15 is 0 Å². The lowest BCUT2D eigenvalue weighted by molar-refractivity contribution is -0.146. The van der Waals surface area contributed by atoms with Crippen molar-refractivity contribution in [1.29, 1.82) is 0 Å². The number of rotatable bonds is 5. The van der Waals surface area contributed by atoms with Crippen molar-refractivity contribution in [3.63, 3.8) is 0 Å². The van der Waals surface area contributed by atoms with Gasteiger partial charge < -0.3 is 5.11 Å². The molecule has 1 rings (SSSR count). The standard InChI is InChI=1S/C13H24O2/c1-3-7-10(4-2)11-8-5-6-9-12(11)13(14)15/h10-12H,3-9H2,1-2H3,(H,14,15). The van der Waals surface area contributed by atoms with Crippen LogP contribution in [0.1, 0.15) is 58.8 Å². The van der Waals surface area contributed by atoms with Gasteiger partial charge in [-0.3, -0.25) is 4.79 Å². The molecule has 0 aromatic carbocycles. The van der Waals surface area contributed by atoms with Crippen LogP contribution in [0.15, 0.2) is 0 Å². The Labute approximate surface area is 93.1 Å². The zero-order chi connectivity index (χ0) is 11.3. The third kappa shape index (κ3) is 3.22. The van der Waals surface area contributed by atoms with Crippen molar-refractivity contribution in [2.75, 3.05) is 0 Å². The van der Waals surface area contributed by atoms with Crippen LogP contribution >= 0.6 is 0 Å². The highest BCUT2D eigenvalue weighted by atomic mass is 16.4. The Morgan fingerprint density at radius 2 is 2.00 bits per heavy atom. The summed E-state index contributed by atoms with van der Waals surface area (Å²) >= 11 is 0. The zero-order valence-electron chi connectivity index (χ0n) is 10.0. The topological polar surface area (TPSA) is 37.3 Å². The summed E-state index contributed by atoms with van der Waals surface area (Å²) in [5.74, 6) is 0.460. The third-order valence-electron chi connectivity index (χ3n) is 3.93. The van der Waals surface area contributed by atoms with E-state index in [1.807, 2.05) is 0 Å². The number of hydrogen-bond acceptors (Lipinski definition) is 1. The number of carboxylic acid groups (broad SMARTS) is 1. The molecule has 0 aromatic rings.